The predicted molar refractivity (Wildman–Crippen MR) is 99.6 cm³/mol. The highest BCUT2D eigenvalue weighted by Gasteiger charge is 2.31. The van der Waals surface area contributed by atoms with E-state index < -0.39 is 11.7 Å². The first kappa shape index (κ1) is 19.3. The van der Waals surface area contributed by atoms with Gasteiger partial charge in [0.2, 0.25) is 0 Å². The number of fused-ring (bicyclic) bond motifs is 1. The molecule has 0 atom stereocenters. The van der Waals surface area contributed by atoms with Gasteiger partial charge >= 0.3 is 6.18 Å². The van der Waals surface area contributed by atoms with Crippen LogP contribution < -0.4 is 0 Å². The molecule has 1 N–H and O–H groups in total. The van der Waals surface area contributed by atoms with Gasteiger partial charge in [-0.1, -0.05) is 29.7 Å². The molecule has 29 heavy (non-hydrogen) atoms. The van der Waals surface area contributed by atoms with E-state index in [2.05, 4.69) is 15.1 Å². The number of imidazole rings is 1. The van der Waals surface area contributed by atoms with Crippen LogP contribution in [0.5, 0.6) is 5.75 Å². The van der Waals surface area contributed by atoms with Gasteiger partial charge in [-0.2, -0.15) is 18.2 Å². The third-order valence-corrected chi connectivity index (χ3v) is 4.81. The standard InChI is InChI=1S/C19H14ClF3N4O2/c1-2-15-25-17-12(6-7-13(28)16(17)20)27(15)9-14-24-18(29-26-14)10-4-3-5-11(8-10)19(21,22)23/h3-8,28H,2,9H2,1H3. The van der Waals surface area contributed by atoms with Gasteiger partial charge in [0.15, 0.2) is 5.82 Å². The van der Waals surface area contributed by atoms with Crippen molar-refractivity contribution in [3.05, 3.63) is 58.6 Å². The Bertz CT molecular complexity index is 1200. The van der Waals surface area contributed by atoms with Crippen molar-refractivity contribution in [3.8, 4) is 17.2 Å². The Hall–Kier alpha value is -3.07. The van der Waals surface area contributed by atoms with Gasteiger partial charge in [0.1, 0.15) is 22.1 Å². The molecule has 0 radical (unpaired) electrons. The molecule has 0 aliphatic carbocycles. The number of aryl methyl sites for hydroxylation is 1. The second kappa shape index (κ2) is 7.07. The molecule has 0 saturated carbocycles. The van der Waals surface area contributed by atoms with Crippen LogP contribution in [0.25, 0.3) is 22.5 Å². The van der Waals surface area contributed by atoms with Gasteiger partial charge in [-0.3, -0.25) is 0 Å². The van der Waals surface area contributed by atoms with Crippen molar-refractivity contribution < 1.29 is 22.8 Å². The van der Waals surface area contributed by atoms with Crippen LogP contribution in [-0.2, 0) is 19.1 Å². The summed E-state index contributed by atoms with van der Waals surface area (Å²) in [6.07, 6.45) is -3.88. The Morgan fingerprint density at radius 2 is 1.97 bits per heavy atom. The van der Waals surface area contributed by atoms with Crippen molar-refractivity contribution in [2.45, 2.75) is 26.1 Å². The van der Waals surface area contributed by atoms with Crippen molar-refractivity contribution in [1.29, 1.82) is 0 Å². The van der Waals surface area contributed by atoms with E-state index in [9.17, 15) is 18.3 Å². The van der Waals surface area contributed by atoms with Crippen molar-refractivity contribution in [1.82, 2.24) is 19.7 Å². The first-order chi connectivity index (χ1) is 13.8. The Kier molecular flexibility index (Phi) is 4.70. The number of rotatable bonds is 4. The number of alkyl halides is 3. The molecular formula is C19H14ClF3N4O2. The summed E-state index contributed by atoms with van der Waals surface area (Å²) < 4.78 is 45.8. The molecule has 0 bridgehead atoms. The Balaban J connectivity index is 1.70. The van der Waals surface area contributed by atoms with E-state index in [-0.39, 0.29) is 34.6 Å². The van der Waals surface area contributed by atoms with Crippen molar-refractivity contribution in [3.63, 3.8) is 0 Å². The molecule has 6 nitrogen and oxygen atoms in total. The van der Waals surface area contributed by atoms with E-state index >= 15 is 0 Å². The average Bonchev–Trinajstić information content (AvgIpc) is 3.30. The highest BCUT2D eigenvalue weighted by Crippen LogP contribution is 2.33. The lowest BCUT2D eigenvalue weighted by atomic mass is 10.1. The molecule has 0 unspecified atom stereocenters. The van der Waals surface area contributed by atoms with Gasteiger partial charge in [0.05, 0.1) is 17.6 Å². The zero-order chi connectivity index (χ0) is 20.8. The van der Waals surface area contributed by atoms with Crippen LogP contribution in [0.15, 0.2) is 40.9 Å². The summed E-state index contributed by atoms with van der Waals surface area (Å²) in [4.78, 5) is 8.68. The van der Waals surface area contributed by atoms with Crippen LogP contribution in [0, 0.1) is 0 Å². The first-order valence-corrected chi connectivity index (χ1v) is 9.02. The van der Waals surface area contributed by atoms with Gasteiger partial charge in [0, 0.05) is 12.0 Å². The maximum absolute atomic E-state index is 12.9. The van der Waals surface area contributed by atoms with E-state index in [4.69, 9.17) is 16.1 Å². The number of aromatic hydroxyl groups is 1. The van der Waals surface area contributed by atoms with Crippen LogP contribution in [0.4, 0.5) is 13.2 Å². The maximum atomic E-state index is 12.9. The fourth-order valence-corrected chi connectivity index (χ4v) is 3.25. The van der Waals surface area contributed by atoms with Crippen LogP contribution in [0.3, 0.4) is 0 Å². The van der Waals surface area contributed by atoms with E-state index in [0.717, 1.165) is 12.1 Å². The minimum Gasteiger partial charge on any atom is -0.506 e. The molecule has 150 valence electrons. The highest BCUT2D eigenvalue weighted by atomic mass is 35.5. The van der Waals surface area contributed by atoms with Gasteiger partial charge in [0.25, 0.3) is 5.89 Å². The highest BCUT2D eigenvalue weighted by molar-refractivity contribution is 6.36. The monoisotopic (exact) mass is 422 g/mol. The first-order valence-electron chi connectivity index (χ1n) is 8.64. The number of nitrogens with zero attached hydrogens (tertiary/aromatic N) is 4. The fraction of sp³-hybridized carbons (Fsp3) is 0.211. The molecular weight excluding hydrogens is 409 g/mol. The molecule has 0 aliphatic heterocycles. The summed E-state index contributed by atoms with van der Waals surface area (Å²) in [6.45, 7) is 2.10. The zero-order valence-corrected chi connectivity index (χ0v) is 15.8. The van der Waals surface area contributed by atoms with Gasteiger partial charge in [-0.25, -0.2) is 4.98 Å². The smallest absolute Gasteiger partial charge is 0.416 e. The molecule has 10 heteroatoms. The van der Waals surface area contributed by atoms with Gasteiger partial charge in [-0.15, -0.1) is 0 Å². The predicted octanol–water partition coefficient (Wildman–Crippen LogP) is 5.07. The van der Waals surface area contributed by atoms with Crippen LogP contribution in [-0.4, -0.2) is 24.8 Å². The van der Waals surface area contributed by atoms with Crippen molar-refractivity contribution >= 4 is 22.6 Å². The molecule has 2 heterocycles. The average molecular weight is 423 g/mol. The lowest BCUT2D eigenvalue weighted by molar-refractivity contribution is -0.137. The molecule has 0 spiro atoms. The lowest BCUT2D eigenvalue weighted by Crippen LogP contribution is -2.06. The third kappa shape index (κ3) is 3.53. The number of phenols is 1. The summed E-state index contributed by atoms with van der Waals surface area (Å²) in [6, 6.07) is 7.84. The number of hydrogen-bond acceptors (Lipinski definition) is 5. The molecule has 4 aromatic rings. The van der Waals surface area contributed by atoms with E-state index in [1.165, 1.54) is 18.2 Å². The second-order valence-corrected chi connectivity index (χ2v) is 6.71. The molecule has 0 amide bonds. The molecule has 0 fully saturated rings. The minimum atomic E-state index is -4.46. The topological polar surface area (TPSA) is 77.0 Å². The summed E-state index contributed by atoms with van der Waals surface area (Å²) in [7, 11) is 0. The Morgan fingerprint density at radius 1 is 1.17 bits per heavy atom. The van der Waals surface area contributed by atoms with E-state index in [1.807, 2.05) is 11.5 Å². The minimum absolute atomic E-state index is 0.00996. The van der Waals surface area contributed by atoms with Gasteiger partial charge < -0.3 is 14.2 Å². The normalized spacial score (nSPS) is 12.0. The van der Waals surface area contributed by atoms with E-state index in [0.29, 0.717) is 23.3 Å². The molecule has 0 aliphatic rings. The van der Waals surface area contributed by atoms with Crippen LogP contribution in [0.2, 0.25) is 5.02 Å². The van der Waals surface area contributed by atoms with Crippen molar-refractivity contribution in [2.24, 2.45) is 0 Å². The number of phenolic OH excluding ortho intramolecular Hbond substituents is 1. The Morgan fingerprint density at radius 3 is 2.69 bits per heavy atom. The molecule has 0 saturated heterocycles. The molecule has 2 aromatic heterocycles. The molecule has 4 rings (SSSR count). The van der Waals surface area contributed by atoms with Crippen molar-refractivity contribution in [2.75, 3.05) is 0 Å². The quantitative estimate of drug-likeness (QED) is 0.496. The maximum Gasteiger partial charge on any atom is 0.416 e. The summed E-state index contributed by atoms with van der Waals surface area (Å²) in [5.41, 5.74) is 0.510. The largest absolute Gasteiger partial charge is 0.506 e. The van der Waals surface area contributed by atoms with Gasteiger partial charge in [-0.05, 0) is 30.3 Å². The van der Waals surface area contributed by atoms with Crippen LogP contribution >= 0.6 is 11.6 Å². The SMILES string of the molecule is CCc1nc2c(Cl)c(O)ccc2n1Cc1noc(-c2cccc(C(F)(F)F)c2)n1. The lowest BCUT2D eigenvalue weighted by Gasteiger charge is -2.06. The Labute approximate surface area is 167 Å². The summed E-state index contributed by atoms with van der Waals surface area (Å²) >= 11 is 6.14. The zero-order valence-electron chi connectivity index (χ0n) is 15.0. The molecule has 2 aromatic carbocycles. The number of aromatic nitrogens is 4. The second-order valence-electron chi connectivity index (χ2n) is 6.33. The van der Waals surface area contributed by atoms with E-state index in [1.54, 1.807) is 6.07 Å². The summed E-state index contributed by atoms with van der Waals surface area (Å²) in [5, 5.41) is 13.8. The summed E-state index contributed by atoms with van der Waals surface area (Å²) in [5.74, 6) is 0.885. The number of halogens is 4. The number of benzene rings is 2. The third-order valence-electron chi connectivity index (χ3n) is 4.44. The fourth-order valence-electron chi connectivity index (χ4n) is 3.05. The van der Waals surface area contributed by atoms with Crippen LogP contribution in [0.1, 0.15) is 24.1 Å². The number of hydrogen-bond donors (Lipinski definition) is 1.